The molecule has 4 saturated heterocycles. The molecule has 19 nitrogen and oxygen atoms in total. The number of nitrogens with one attached hydrogen (secondary N) is 1. The molecule has 4 aliphatic heterocycles. The molecule has 0 spiro atoms. The smallest absolute Gasteiger partial charge is 0.187 e. The summed E-state index contributed by atoms with van der Waals surface area (Å²) in [6, 6.07) is -0.699. The lowest BCUT2D eigenvalue weighted by molar-refractivity contribution is -0.381. The number of aliphatic hydroxyl groups is 12. The van der Waals surface area contributed by atoms with E-state index in [0.29, 0.717) is 0 Å². The summed E-state index contributed by atoms with van der Waals surface area (Å²) in [5, 5.41) is 125. The van der Waals surface area contributed by atoms with E-state index in [9.17, 15) is 61.3 Å². The van der Waals surface area contributed by atoms with Gasteiger partial charge in [0.15, 0.2) is 18.9 Å². The second-order valence-electron chi connectivity index (χ2n) is 10.7. The van der Waals surface area contributed by atoms with Gasteiger partial charge in [0.2, 0.25) is 0 Å². The monoisotopic (exact) mass is 619 g/mol. The maximum atomic E-state index is 10.8. The van der Waals surface area contributed by atoms with Crippen molar-refractivity contribution in [3.8, 4) is 0 Å². The summed E-state index contributed by atoms with van der Waals surface area (Å²) in [5.74, 6) is 0. The van der Waals surface area contributed by atoms with Crippen LogP contribution in [0.2, 0.25) is 0 Å². The van der Waals surface area contributed by atoms with E-state index in [1.165, 1.54) is 0 Å². The van der Waals surface area contributed by atoms with Gasteiger partial charge in [0.05, 0.1) is 38.6 Å². The lowest BCUT2D eigenvalue weighted by atomic mass is 9.96. The van der Waals surface area contributed by atoms with Crippen molar-refractivity contribution in [2.75, 3.05) is 33.0 Å². The topological polar surface area (TPSA) is 310 Å². The third-order valence-corrected chi connectivity index (χ3v) is 7.93. The molecule has 0 saturated carbocycles. The van der Waals surface area contributed by atoms with E-state index in [2.05, 4.69) is 5.32 Å². The van der Waals surface area contributed by atoms with Gasteiger partial charge >= 0.3 is 0 Å². The molecule has 42 heavy (non-hydrogen) atoms. The summed E-state index contributed by atoms with van der Waals surface area (Å²) in [7, 11) is 0. The second-order valence-corrected chi connectivity index (χ2v) is 10.7. The normalized spacial score (nSPS) is 52.0. The molecule has 4 aliphatic rings. The number of ether oxygens (including phenoxy) is 6. The van der Waals surface area contributed by atoms with Gasteiger partial charge in [-0.1, -0.05) is 0 Å². The summed E-state index contributed by atoms with van der Waals surface area (Å²) in [6.07, 6.45) is -27.4. The van der Waals surface area contributed by atoms with Gasteiger partial charge in [-0.2, -0.15) is 0 Å². The van der Waals surface area contributed by atoms with Crippen LogP contribution in [-0.2, 0) is 28.4 Å². The SMILES string of the molecule is OC[C@@H]1NC[C@H](O)[C@@H]1O[C@H]1O[C@H](CO)[C@H](O[C@@H]2O[C@H](CO)[C@@H](O[C@@H]3O[C@H](CO)[C@@H](O)[C@H](O)[C@H]3O)[C@H](O)[C@H]2O)[C@H](O)[C@H]1O. The van der Waals surface area contributed by atoms with E-state index in [1.54, 1.807) is 0 Å². The van der Waals surface area contributed by atoms with E-state index >= 15 is 0 Å². The Morgan fingerprint density at radius 3 is 1.31 bits per heavy atom. The van der Waals surface area contributed by atoms with Gasteiger partial charge in [0.25, 0.3) is 0 Å². The third kappa shape index (κ3) is 6.74. The molecule has 0 amide bonds. The molecule has 4 fully saturated rings. The molecule has 4 rings (SSSR count). The summed E-state index contributed by atoms with van der Waals surface area (Å²) in [6.45, 7) is -2.72. The molecular formula is C23H41NO18. The second kappa shape index (κ2) is 14.6. The molecule has 0 unspecified atom stereocenters. The first kappa shape index (κ1) is 34.1. The standard InChI is InChI=1S/C23H41NO18/c25-2-6-18(7(29)1-24-6)40-22-16(35)13(32)20(9(4-27)38-22)42-23-17(36)14(33)19(10(5-28)39-23)41-21-15(34)12(31)11(30)8(3-26)37-21/h6-36H,1-5H2/t6-,7-,8+,9+,10+,11+,12-,13+,14+,15+,16+,17+,18+,19+,20-,21-,22+,23-/m0/s1. The third-order valence-electron chi connectivity index (χ3n) is 7.93. The lowest BCUT2D eigenvalue weighted by Crippen LogP contribution is -2.67. The van der Waals surface area contributed by atoms with E-state index in [4.69, 9.17) is 28.4 Å². The average molecular weight is 620 g/mol. The van der Waals surface area contributed by atoms with Crippen LogP contribution in [0.25, 0.3) is 0 Å². The Hall–Kier alpha value is -0.760. The molecule has 0 aromatic carbocycles. The first-order valence-corrected chi connectivity index (χ1v) is 13.5. The average Bonchev–Trinajstić information content (AvgIpc) is 3.34. The number of β-amino-alcohol motifs (C(OH)–C–C–N with tert-alkyl or cyclic N) is 1. The van der Waals surface area contributed by atoms with Crippen molar-refractivity contribution < 1.29 is 89.7 Å². The highest BCUT2D eigenvalue weighted by Crippen LogP contribution is 2.33. The van der Waals surface area contributed by atoms with E-state index < -0.39 is 137 Å². The Kier molecular flexibility index (Phi) is 11.8. The van der Waals surface area contributed by atoms with Crippen molar-refractivity contribution in [1.82, 2.24) is 5.32 Å². The quantitative estimate of drug-likeness (QED) is 0.108. The van der Waals surface area contributed by atoms with Gasteiger partial charge in [-0.3, -0.25) is 0 Å². The van der Waals surface area contributed by atoms with E-state index in [-0.39, 0.29) is 6.54 Å². The first-order valence-electron chi connectivity index (χ1n) is 13.5. The molecule has 0 aliphatic carbocycles. The van der Waals surface area contributed by atoms with Gasteiger partial charge < -0.3 is 95.0 Å². The molecule has 0 bridgehead atoms. The maximum absolute atomic E-state index is 10.8. The zero-order valence-electron chi connectivity index (χ0n) is 22.2. The van der Waals surface area contributed by atoms with Crippen LogP contribution in [0.4, 0.5) is 0 Å². The molecule has 18 atom stereocenters. The van der Waals surface area contributed by atoms with Crippen molar-refractivity contribution in [2.24, 2.45) is 0 Å². The minimum atomic E-state index is -1.95. The fourth-order valence-electron chi connectivity index (χ4n) is 5.44. The Bertz CT molecular complexity index is 839. The van der Waals surface area contributed by atoms with Gasteiger partial charge in [0, 0.05) is 6.54 Å². The number of rotatable bonds is 10. The molecular weight excluding hydrogens is 578 g/mol. The van der Waals surface area contributed by atoms with Crippen LogP contribution in [0.5, 0.6) is 0 Å². The molecule has 0 radical (unpaired) electrons. The van der Waals surface area contributed by atoms with E-state index in [1.807, 2.05) is 0 Å². The highest BCUT2D eigenvalue weighted by atomic mass is 16.8. The summed E-state index contributed by atoms with van der Waals surface area (Å²) >= 11 is 0. The highest BCUT2D eigenvalue weighted by Gasteiger charge is 2.54. The van der Waals surface area contributed by atoms with Crippen LogP contribution in [0.1, 0.15) is 0 Å². The van der Waals surface area contributed by atoms with Crippen LogP contribution in [0, 0.1) is 0 Å². The van der Waals surface area contributed by atoms with Gasteiger partial charge in [0.1, 0.15) is 79.4 Å². The zero-order chi connectivity index (χ0) is 30.9. The van der Waals surface area contributed by atoms with Crippen molar-refractivity contribution in [2.45, 2.75) is 110 Å². The molecule has 19 heteroatoms. The van der Waals surface area contributed by atoms with Crippen molar-refractivity contribution in [3.05, 3.63) is 0 Å². The Morgan fingerprint density at radius 1 is 0.476 bits per heavy atom. The van der Waals surface area contributed by atoms with Crippen molar-refractivity contribution in [3.63, 3.8) is 0 Å². The van der Waals surface area contributed by atoms with Gasteiger partial charge in [-0.05, 0) is 0 Å². The van der Waals surface area contributed by atoms with Gasteiger partial charge in [-0.15, -0.1) is 0 Å². The largest absolute Gasteiger partial charge is 0.395 e. The van der Waals surface area contributed by atoms with Crippen LogP contribution in [0.15, 0.2) is 0 Å². The number of hydrogen-bond donors (Lipinski definition) is 13. The zero-order valence-corrected chi connectivity index (χ0v) is 22.2. The van der Waals surface area contributed by atoms with Crippen molar-refractivity contribution >= 4 is 0 Å². The Morgan fingerprint density at radius 2 is 0.881 bits per heavy atom. The number of hydrogen-bond acceptors (Lipinski definition) is 19. The summed E-state index contributed by atoms with van der Waals surface area (Å²) in [5.41, 5.74) is 0. The Balaban J connectivity index is 1.42. The molecule has 4 heterocycles. The van der Waals surface area contributed by atoms with E-state index in [0.717, 1.165) is 0 Å². The van der Waals surface area contributed by atoms with Gasteiger partial charge in [-0.25, -0.2) is 0 Å². The van der Waals surface area contributed by atoms with Crippen molar-refractivity contribution in [1.29, 1.82) is 0 Å². The fraction of sp³-hybridized carbons (Fsp3) is 1.00. The highest BCUT2D eigenvalue weighted by molar-refractivity contribution is 4.98. The predicted octanol–water partition coefficient (Wildman–Crippen LogP) is -8.86. The fourth-order valence-corrected chi connectivity index (χ4v) is 5.44. The molecule has 0 aromatic rings. The minimum Gasteiger partial charge on any atom is -0.395 e. The molecule has 246 valence electrons. The van der Waals surface area contributed by atoms with Crippen LogP contribution in [-0.4, -0.2) is 205 Å². The maximum Gasteiger partial charge on any atom is 0.187 e. The number of aliphatic hydroxyl groups excluding tert-OH is 12. The van der Waals surface area contributed by atoms with Crippen LogP contribution in [0.3, 0.4) is 0 Å². The molecule has 0 aromatic heterocycles. The summed E-state index contributed by atoms with van der Waals surface area (Å²) in [4.78, 5) is 0. The molecule has 13 N–H and O–H groups in total. The van der Waals surface area contributed by atoms with Crippen LogP contribution < -0.4 is 5.32 Å². The van der Waals surface area contributed by atoms with Crippen LogP contribution >= 0.6 is 0 Å². The minimum absolute atomic E-state index is 0.0861. The Labute approximate surface area is 239 Å². The lowest BCUT2D eigenvalue weighted by Gasteiger charge is -2.48. The predicted molar refractivity (Wildman–Crippen MR) is 129 cm³/mol. The first-order chi connectivity index (χ1) is 20.0. The summed E-state index contributed by atoms with van der Waals surface area (Å²) < 4.78 is 33.0.